The molecule has 144 valence electrons. The number of amides is 1. The van der Waals surface area contributed by atoms with Crippen molar-refractivity contribution in [3.8, 4) is 5.75 Å². The van der Waals surface area contributed by atoms with Crippen LogP contribution in [0.4, 0.5) is 0 Å². The van der Waals surface area contributed by atoms with E-state index >= 15 is 0 Å². The molecule has 0 unspecified atom stereocenters. The van der Waals surface area contributed by atoms with E-state index in [2.05, 4.69) is 10.1 Å². The summed E-state index contributed by atoms with van der Waals surface area (Å²) in [6.07, 6.45) is 1.78. The minimum atomic E-state index is -0.344. The van der Waals surface area contributed by atoms with Gasteiger partial charge in [0.2, 0.25) is 0 Å². The van der Waals surface area contributed by atoms with Gasteiger partial charge in [-0.1, -0.05) is 11.3 Å². The Morgan fingerprint density at radius 1 is 1.22 bits per heavy atom. The molecule has 2 aromatic heterocycles. The van der Waals surface area contributed by atoms with E-state index in [0.717, 1.165) is 16.0 Å². The molecule has 8 heteroatoms. The molecule has 0 atom stereocenters. The maximum Gasteiger partial charge on any atom is 0.300 e. The Bertz CT molecular complexity index is 986. The topological polar surface area (TPSA) is 70.6 Å². The second kappa shape index (κ2) is 8.96. The van der Waals surface area contributed by atoms with E-state index in [-0.39, 0.29) is 5.91 Å². The van der Waals surface area contributed by atoms with Gasteiger partial charge in [-0.15, -0.1) is 0 Å². The summed E-state index contributed by atoms with van der Waals surface area (Å²) in [6, 6.07) is 7.61. The van der Waals surface area contributed by atoms with Gasteiger partial charge in [-0.2, -0.15) is 10.1 Å². The summed E-state index contributed by atoms with van der Waals surface area (Å²) < 4.78 is 15.8. The number of aromatic nitrogens is 3. The zero-order valence-corrected chi connectivity index (χ0v) is 16.7. The average molecular weight is 388 g/mol. The van der Waals surface area contributed by atoms with Crippen LogP contribution in [0, 0.1) is 0 Å². The molecular weight excluding hydrogens is 364 g/mol. The molecule has 0 N–H and O–H groups in total. The molecule has 2 heterocycles. The number of nitrogens with zero attached hydrogens (tertiary/aromatic N) is 4. The summed E-state index contributed by atoms with van der Waals surface area (Å²) in [4.78, 5) is 17.5. The Hall–Kier alpha value is -2.45. The lowest BCUT2D eigenvalue weighted by Gasteiger charge is -2.06. The Morgan fingerprint density at radius 3 is 2.78 bits per heavy atom. The third-order valence-corrected chi connectivity index (χ3v) is 5.05. The van der Waals surface area contributed by atoms with Crippen molar-refractivity contribution >= 4 is 27.5 Å². The molecule has 0 radical (unpaired) electrons. The quantitative estimate of drug-likeness (QED) is 0.556. The minimum Gasteiger partial charge on any atom is -0.494 e. The SMILES string of the molecule is CCOCCn1c(=NC(=O)c2ccn(CC)n2)sc2cc(OCC)ccc21. The highest BCUT2D eigenvalue weighted by molar-refractivity contribution is 7.16. The normalized spacial score (nSPS) is 12.0. The zero-order chi connectivity index (χ0) is 19.2. The molecule has 27 heavy (non-hydrogen) atoms. The molecule has 1 aromatic carbocycles. The Kier molecular flexibility index (Phi) is 6.41. The van der Waals surface area contributed by atoms with E-state index in [1.54, 1.807) is 16.9 Å². The van der Waals surface area contributed by atoms with Crippen molar-refractivity contribution in [1.29, 1.82) is 0 Å². The van der Waals surface area contributed by atoms with Gasteiger partial charge in [0.05, 0.1) is 23.4 Å². The second-order valence-corrected chi connectivity index (χ2v) is 6.78. The molecule has 0 saturated carbocycles. The van der Waals surface area contributed by atoms with E-state index in [4.69, 9.17) is 9.47 Å². The Morgan fingerprint density at radius 2 is 2.07 bits per heavy atom. The largest absolute Gasteiger partial charge is 0.494 e. The van der Waals surface area contributed by atoms with E-state index in [9.17, 15) is 4.79 Å². The molecule has 0 bridgehead atoms. The van der Waals surface area contributed by atoms with Crippen LogP contribution in [0.15, 0.2) is 35.5 Å². The van der Waals surface area contributed by atoms with Gasteiger partial charge in [-0.05, 0) is 45.0 Å². The van der Waals surface area contributed by atoms with E-state index < -0.39 is 0 Å². The lowest BCUT2D eigenvalue weighted by molar-refractivity contribution is 0.0991. The van der Waals surface area contributed by atoms with Crippen LogP contribution in [-0.2, 0) is 17.8 Å². The fraction of sp³-hybridized carbons (Fsp3) is 0.421. The Balaban J connectivity index is 2.02. The standard InChI is InChI=1S/C19H24N4O3S/c1-4-22-10-9-15(21-22)18(24)20-19-23(11-12-25-5-2)16-8-7-14(26-6-3)13-17(16)27-19/h7-10,13H,4-6,11-12H2,1-3H3. The maximum atomic E-state index is 12.6. The monoisotopic (exact) mass is 388 g/mol. The molecular formula is C19H24N4O3S. The van der Waals surface area contributed by atoms with Crippen LogP contribution in [0.25, 0.3) is 10.2 Å². The number of hydrogen-bond donors (Lipinski definition) is 0. The third-order valence-electron chi connectivity index (χ3n) is 4.01. The Labute approximate surface area is 161 Å². The zero-order valence-electron chi connectivity index (χ0n) is 15.8. The van der Waals surface area contributed by atoms with Crippen molar-refractivity contribution in [3.63, 3.8) is 0 Å². The van der Waals surface area contributed by atoms with Crippen molar-refractivity contribution in [2.75, 3.05) is 19.8 Å². The van der Waals surface area contributed by atoms with Crippen molar-refractivity contribution in [2.24, 2.45) is 4.99 Å². The number of rotatable bonds is 8. The second-order valence-electron chi connectivity index (χ2n) is 5.77. The van der Waals surface area contributed by atoms with Gasteiger partial charge >= 0.3 is 0 Å². The lowest BCUT2D eigenvalue weighted by atomic mass is 10.3. The van der Waals surface area contributed by atoms with Crippen LogP contribution in [0.2, 0.25) is 0 Å². The minimum absolute atomic E-state index is 0.344. The predicted octanol–water partition coefficient (Wildman–Crippen LogP) is 3.10. The van der Waals surface area contributed by atoms with Gasteiger partial charge in [-0.3, -0.25) is 9.48 Å². The number of hydrogen-bond acceptors (Lipinski definition) is 5. The fourth-order valence-corrected chi connectivity index (χ4v) is 3.79. The number of carbonyl (C=O) groups is 1. The number of aryl methyl sites for hydroxylation is 1. The van der Waals surface area contributed by atoms with Crippen molar-refractivity contribution in [1.82, 2.24) is 14.3 Å². The van der Waals surface area contributed by atoms with Gasteiger partial charge in [0.15, 0.2) is 10.5 Å². The van der Waals surface area contributed by atoms with Gasteiger partial charge in [0.1, 0.15) is 5.75 Å². The number of thiazole rings is 1. The fourth-order valence-electron chi connectivity index (χ4n) is 2.71. The summed E-state index contributed by atoms with van der Waals surface area (Å²) in [6.45, 7) is 9.04. The van der Waals surface area contributed by atoms with E-state index in [1.165, 1.54) is 11.3 Å². The van der Waals surface area contributed by atoms with Crippen LogP contribution in [0.3, 0.4) is 0 Å². The smallest absolute Gasteiger partial charge is 0.300 e. The van der Waals surface area contributed by atoms with Crippen LogP contribution in [0.5, 0.6) is 5.75 Å². The van der Waals surface area contributed by atoms with Crippen LogP contribution in [0.1, 0.15) is 31.3 Å². The number of carbonyl (C=O) groups excluding carboxylic acids is 1. The van der Waals surface area contributed by atoms with Crippen LogP contribution in [-0.4, -0.2) is 40.1 Å². The molecule has 1 amide bonds. The predicted molar refractivity (Wildman–Crippen MR) is 105 cm³/mol. The number of fused-ring (bicyclic) bond motifs is 1. The molecule has 0 aliphatic rings. The first kappa shape index (κ1) is 19.3. The van der Waals surface area contributed by atoms with Crippen LogP contribution >= 0.6 is 11.3 Å². The average Bonchev–Trinajstić information content (AvgIpc) is 3.27. The summed E-state index contributed by atoms with van der Waals surface area (Å²) in [5.74, 6) is 0.465. The molecule has 0 aliphatic heterocycles. The number of ether oxygens (including phenoxy) is 2. The van der Waals surface area contributed by atoms with E-state index in [1.807, 2.05) is 43.5 Å². The van der Waals surface area contributed by atoms with E-state index in [0.29, 0.717) is 43.4 Å². The third kappa shape index (κ3) is 4.45. The van der Waals surface area contributed by atoms with Gasteiger partial charge < -0.3 is 14.0 Å². The molecule has 0 aliphatic carbocycles. The van der Waals surface area contributed by atoms with Crippen molar-refractivity contribution < 1.29 is 14.3 Å². The van der Waals surface area contributed by atoms with Crippen molar-refractivity contribution in [2.45, 2.75) is 33.9 Å². The number of benzene rings is 1. The van der Waals surface area contributed by atoms with Gasteiger partial charge in [-0.25, -0.2) is 0 Å². The highest BCUT2D eigenvalue weighted by Gasteiger charge is 2.12. The summed E-state index contributed by atoms with van der Waals surface area (Å²) in [5, 5.41) is 4.25. The molecule has 0 saturated heterocycles. The molecule has 7 nitrogen and oxygen atoms in total. The van der Waals surface area contributed by atoms with Gasteiger partial charge in [0.25, 0.3) is 5.91 Å². The van der Waals surface area contributed by atoms with Crippen LogP contribution < -0.4 is 9.54 Å². The molecule has 3 rings (SSSR count). The van der Waals surface area contributed by atoms with Crippen molar-refractivity contribution in [3.05, 3.63) is 41.0 Å². The molecule has 3 aromatic rings. The summed E-state index contributed by atoms with van der Waals surface area (Å²) >= 11 is 1.46. The first-order valence-electron chi connectivity index (χ1n) is 9.12. The highest BCUT2D eigenvalue weighted by atomic mass is 32.1. The van der Waals surface area contributed by atoms with Gasteiger partial charge in [0, 0.05) is 25.9 Å². The highest BCUT2D eigenvalue weighted by Crippen LogP contribution is 2.23. The maximum absolute atomic E-state index is 12.6. The first-order valence-corrected chi connectivity index (χ1v) is 9.94. The first-order chi connectivity index (χ1) is 13.2. The summed E-state index contributed by atoms with van der Waals surface area (Å²) in [5.41, 5.74) is 1.36. The summed E-state index contributed by atoms with van der Waals surface area (Å²) in [7, 11) is 0. The molecule has 0 fully saturated rings. The lowest BCUT2D eigenvalue weighted by Crippen LogP contribution is -2.20. The molecule has 0 spiro atoms.